The minimum absolute atomic E-state index is 0.0839. The van der Waals surface area contributed by atoms with E-state index in [1.807, 2.05) is 29.2 Å². The number of benzene rings is 1. The molecule has 0 saturated carbocycles. The molecule has 1 fully saturated rings. The molecule has 0 radical (unpaired) electrons. The largest absolute Gasteiger partial charge is 0.363 e. The molecule has 2 aromatic heterocycles. The number of nitrogens with zero attached hydrogens (tertiary/aromatic N) is 5. The standard InChI is InChI=1S/C25H22FN5O2/c26-19-9-7-18(8-10-19)22-23(25(33)31(24(22)32)17-20-5-1-3-11-27-20)30-15-13-29(14-16-30)21-6-2-4-12-28-21/h1-12H,13-17H2. The smallest absolute Gasteiger partial charge is 0.278 e. The number of halogens is 1. The highest BCUT2D eigenvalue weighted by Gasteiger charge is 2.42. The molecule has 5 rings (SSSR count). The number of rotatable bonds is 5. The molecule has 4 heterocycles. The van der Waals surface area contributed by atoms with Gasteiger partial charge in [-0.25, -0.2) is 9.37 Å². The fourth-order valence-electron chi connectivity index (χ4n) is 4.23. The number of pyridine rings is 2. The van der Waals surface area contributed by atoms with Gasteiger partial charge in [0.1, 0.15) is 17.3 Å². The predicted octanol–water partition coefficient (Wildman–Crippen LogP) is 2.72. The van der Waals surface area contributed by atoms with E-state index in [2.05, 4.69) is 14.9 Å². The zero-order chi connectivity index (χ0) is 22.8. The summed E-state index contributed by atoms with van der Waals surface area (Å²) in [5.74, 6) is -0.252. The van der Waals surface area contributed by atoms with Gasteiger partial charge in [0.15, 0.2) is 0 Å². The molecule has 0 bridgehead atoms. The highest BCUT2D eigenvalue weighted by Crippen LogP contribution is 2.33. The molecule has 166 valence electrons. The van der Waals surface area contributed by atoms with Gasteiger partial charge in [-0.1, -0.05) is 24.3 Å². The van der Waals surface area contributed by atoms with Gasteiger partial charge in [-0.15, -0.1) is 0 Å². The van der Waals surface area contributed by atoms with Gasteiger partial charge in [0, 0.05) is 38.6 Å². The van der Waals surface area contributed by atoms with E-state index >= 15 is 0 Å². The number of hydrogen-bond donors (Lipinski definition) is 0. The molecule has 8 heteroatoms. The lowest BCUT2D eigenvalue weighted by atomic mass is 10.0. The fraction of sp³-hybridized carbons (Fsp3) is 0.200. The highest BCUT2D eigenvalue weighted by molar-refractivity contribution is 6.35. The Kier molecular flexibility index (Phi) is 5.56. The molecule has 0 unspecified atom stereocenters. The van der Waals surface area contributed by atoms with Crippen LogP contribution in [0.3, 0.4) is 0 Å². The van der Waals surface area contributed by atoms with E-state index in [-0.39, 0.29) is 18.4 Å². The minimum Gasteiger partial charge on any atom is -0.363 e. The van der Waals surface area contributed by atoms with Crippen LogP contribution in [0.2, 0.25) is 0 Å². The lowest BCUT2D eigenvalue weighted by Gasteiger charge is -2.37. The molecular formula is C25H22FN5O2. The zero-order valence-electron chi connectivity index (χ0n) is 17.9. The summed E-state index contributed by atoms with van der Waals surface area (Å²) in [5, 5.41) is 0. The maximum absolute atomic E-state index is 13.6. The number of imide groups is 1. The van der Waals surface area contributed by atoms with E-state index in [9.17, 15) is 14.0 Å². The third-order valence-corrected chi connectivity index (χ3v) is 5.89. The molecule has 7 nitrogen and oxygen atoms in total. The molecule has 0 aliphatic carbocycles. The summed E-state index contributed by atoms with van der Waals surface area (Å²) in [6.07, 6.45) is 3.39. The number of amides is 2. The number of anilines is 1. The second-order valence-corrected chi connectivity index (χ2v) is 7.91. The Hall–Kier alpha value is -4.07. The first-order valence-electron chi connectivity index (χ1n) is 10.8. The molecule has 33 heavy (non-hydrogen) atoms. The lowest BCUT2D eigenvalue weighted by molar-refractivity contribution is -0.138. The lowest BCUT2D eigenvalue weighted by Crippen LogP contribution is -2.47. The van der Waals surface area contributed by atoms with Gasteiger partial charge in [-0.05, 0) is 42.0 Å². The summed E-state index contributed by atoms with van der Waals surface area (Å²) >= 11 is 0. The van der Waals surface area contributed by atoms with E-state index in [4.69, 9.17) is 0 Å². The molecule has 2 aliphatic heterocycles. The van der Waals surface area contributed by atoms with Crippen LogP contribution in [0.1, 0.15) is 11.3 Å². The van der Waals surface area contributed by atoms with Crippen molar-refractivity contribution in [3.63, 3.8) is 0 Å². The number of hydrogen-bond acceptors (Lipinski definition) is 6. The Labute approximate surface area is 190 Å². The molecule has 2 aliphatic rings. The highest BCUT2D eigenvalue weighted by atomic mass is 19.1. The van der Waals surface area contributed by atoms with Crippen LogP contribution in [-0.4, -0.2) is 57.8 Å². The van der Waals surface area contributed by atoms with E-state index in [1.165, 1.54) is 17.0 Å². The minimum atomic E-state index is -0.396. The van der Waals surface area contributed by atoms with Crippen molar-refractivity contribution in [3.05, 3.63) is 95.8 Å². The van der Waals surface area contributed by atoms with Crippen molar-refractivity contribution in [2.75, 3.05) is 31.1 Å². The van der Waals surface area contributed by atoms with Gasteiger partial charge in [0.2, 0.25) is 0 Å². The van der Waals surface area contributed by atoms with Crippen LogP contribution in [0.5, 0.6) is 0 Å². The SMILES string of the molecule is O=C1C(c2ccc(F)cc2)=C(N2CCN(c3ccccn3)CC2)C(=O)N1Cc1ccccn1. The van der Waals surface area contributed by atoms with Crippen molar-refractivity contribution in [2.45, 2.75) is 6.54 Å². The normalized spacial score (nSPS) is 16.7. The summed E-state index contributed by atoms with van der Waals surface area (Å²) in [4.78, 5) is 40.9. The Bertz CT molecular complexity index is 1190. The van der Waals surface area contributed by atoms with E-state index < -0.39 is 5.82 Å². The van der Waals surface area contributed by atoms with Crippen molar-refractivity contribution < 1.29 is 14.0 Å². The van der Waals surface area contributed by atoms with Gasteiger partial charge in [-0.3, -0.25) is 19.5 Å². The zero-order valence-corrected chi connectivity index (χ0v) is 17.9. The molecule has 0 spiro atoms. The maximum atomic E-state index is 13.6. The Morgan fingerprint density at radius 2 is 1.42 bits per heavy atom. The first kappa shape index (κ1) is 20.8. The molecule has 0 N–H and O–H groups in total. The second-order valence-electron chi connectivity index (χ2n) is 7.91. The van der Waals surface area contributed by atoms with Crippen LogP contribution >= 0.6 is 0 Å². The van der Waals surface area contributed by atoms with E-state index in [0.717, 1.165) is 5.82 Å². The van der Waals surface area contributed by atoms with Crippen molar-refractivity contribution in [1.82, 2.24) is 19.8 Å². The Morgan fingerprint density at radius 3 is 2.06 bits per heavy atom. The van der Waals surface area contributed by atoms with Gasteiger partial charge in [0.05, 0.1) is 17.8 Å². The maximum Gasteiger partial charge on any atom is 0.278 e. The molecular weight excluding hydrogens is 421 g/mol. The predicted molar refractivity (Wildman–Crippen MR) is 121 cm³/mol. The van der Waals surface area contributed by atoms with Crippen LogP contribution in [-0.2, 0) is 16.1 Å². The molecule has 3 aromatic rings. The van der Waals surface area contributed by atoms with Crippen molar-refractivity contribution in [3.8, 4) is 0 Å². The Balaban J connectivity index is 1.45. The molecule has 1 aromatic carbocycles. The summed E-state index contributed by atoms with van der Waals surface area (Å²) in [7, 11) is 0. The molecule has 0 atom stereocenters. The van der Waals surface area contributed by atoms with Gasteiger partial charge >= 0.3 is 0 Å². The molecule has 1 saturated heterocycles. The third-order valence-electron chi connectivity index (χ3n) is 5.89. The van der Waals surface area contributed by atoms with Crippen molar-refractivity contribution >= 4 is 23.2 Å². The first-order chi connectivity index (χ1) is 16.1. The van der Waals surface area contributed by atoms with Gasteiger partial charge in [-0.2, -0.15) is 0 Å². The summed E-state index contributed by atoms with van der Waals surface area (Å²) < 4.78 is 13.6. The van der Waals surface area contributed by atoms with Crippen LogP contribution in [0, 0.1) is 5.82 Å². The first-order valence-corrected chi connectivity index (χ1v) is 10.8. The summed E-state index contributed by atoms with van der Waals surface area (Å²) in [6.45, 7) is 2.54. The van der Waals surface area contributed by atoms with Gasteiger partial charge < -0.3 is 9.80 Å². The number of aromatic nitrogens is 2. The van der Waals surface area contributed by atoms with E-state index in [1.54, 1.807) is 36.7 Å². The topological polar surface area (TPSA) is 69.6 Å². The number of piperazine rings is 1. The molecule has 2 amide bonds. The van der Waals surface area contributed by atoms with Crippen molar-refractivity contribution in [2.24, 2.45) is 0 Å². The quantitative estimate of drug-likeness (QED) is 0.565. The number of carbonyl (C=O) groups excluding carboxylic acids is 2. The second kappa shape index (κ2) is 8.82. The Morgan fingerprint density at radius 1 is 0.758 bits per heavy atom. The average Bonchev–Trinajstić information content (AvgIpc) is 3.11. The van der Waals surface area contributed by atoms with Crippen molar-refractivity contribution in [1.29, 1.82) is 0 Å². The van der Waals surface area contributed by atoms with Crippen LogP contribution in [0.4, 0.5) is 10.2 Å². The number of carbonyl (C=O) groups is 2. The van der Waals surface area contributed by atoms with E-state index in [0.29, 0.717) is 48.7 Å². The van der Waals surface area contributed by atoms with Crippen LogP contribution in [0.25, 0.3) is 5.57 Å². The monoisotopic (exact) mass is 443 g/mol. The third kappa shape index (κ3) is 4.07. The van der Waals surface area contributed by atoms with Crippen LogP contribution in [0.15, 0.2) is 78.8 Å². The van der Waals surface area contributed by atoms with Crippen LogP contribution < -0.4 is 4.90 Å². The van der Waals surface area contributed by atoms with Gasteiger partial charge in [0.25, 0.3) is 11.8 Å². The average molecular weight is 443 g/mol. The summed E-state index contributed by atoms with van der Waals surface area (Å²) in [6, 6.07) is 16.9. The summed E-state index contributed by atoms with van der Waals surface area (Å²) in [5.41, 5.74) is 1.82. The fourth-order valence-corrected chi connectivity index (χ4v) is 4.23.